The van der Waals surface area contributed by atoms with E-state index in [0.717, 1.165) is 23.5 Å². The van der Waals surface area contributed by atoms with Crippen molar-refractivity contribution in [3.8, 4) is 33.4 Å². The Bertz CT molecular complexity index is 2710. The van der Waals surface area contributed by atoms with Gasteiger partial charge in [-0.1, -0.05) is 180 Å². The molecule has 7 aromatic carbocycles. The fourth-order valence-electron chi connectivity index (χ4n) is 10.1. The third-order valence-corrected chi connectivity index (χ3v) is 13.6. The zero-order valence-corrected chi connectivity index (χ0v) is 33.0. The van der Waals surface area contributed by atoms with Crippen molar-refractivity contribution in [2.75, 3.05) is 4.90 Å². The normalized spacial score (nSPS) is 18.2. The molecular weight excluding hydrogens is 675 g/mol. The lowest BCUT2D eigenvalue weighted by Crippen LogP contribution is -2.35. The Hall–Kier alpha value is -6.18. The lowest BCUT2D eigenvalue weighted by atomic mass is 9.61. The van der Waals surface area contributed by atoms with E-state index >= 15 is 0 Å². The van der Waals surface area contributed by atoms with E-state index in [0.29, 0.717) is 0 Å². The average Bonchev–Trinajstić information content (AvgIpc) is 3.57. The van der Waals surface area contributed by atoms with Crippen LogP contribution < -0.4 is 4.90 Å². The molecule has 1 atom stereocenters. The Labute approximate surface area is 332 Å². The fraction of sp³-hybridized carbons (Fsp3) is 0.164. The predicted octanol–water partition coefficient (Wildman–Crippen LogP) is 15.0. The molecule has 0 amide bonds. The first-order valence-electron chi connectivity index (χ1n) is 20.1. The Morgan fingerprint density at radius 3 is 1.68 bits per heavy atom. The van der Waals surface area contributed by atoms with Crippen molar-refractivity contribution >= 4 is 28.2 Å². The summed E-state index contributed by atoms with van der Waals surface area (Å²) in [6.07, 6.45) is 5.77. The van der Waals surface area contributed by atoms with Gasteiger partial charge in [0.05, 0.1) is 5.69 Å². The first kappa shape index (κ1) is 34.3. The highest BCUT2D eigenvalue weighted by Crippen LogP contribution is 2.63. The minimum Gasteiger partial charge on any atom is -0.310 e. The maximum absolute atomic E-state index is 2.47. The van der Waals surface area contributed by atoms with Crippen molar-refractivity contribution in [3.63, 3.8) is 0 Å². The molecule has 0 radical (unpaired) electrons. The molecule has 0 bridgehead atoms. The van der Waals surface area contributed by atoms with E-state index in [1.54, 1.807) is 0 Å². The van der Waals surface area contributed by atoms with Crippen LogP contribution >= 0.6 is 0 Å². The Morgan fingerprint density at radius 1 is 0.411 bits per heavy atom. The van der Waals surface area contributed by atoms with Gasteiger partial charge in [-0.3, -0.25) is 0 Å². The average molecular weight is 722 g/mol. The van der Waals surface area contributed by atoms with Crippen LogP contribution in [0.1, 0.15) is 68.9 Å². The second-order valence-electron chi connectivity index (χ2n) is 17.2. The number of hydrogen-bond acceptors (Lipinski definition) is 1. The summed E-state index contributed by atoms with van der Waals surface area (Å²) in [5.41, 5.74) is 20.8. The number of para-hydroxylation sites is 1. The van der Waals surface area contributed by atoms with Crippen LogP contribution in [0.2, 0.25) is 0 Å². The van der Waals surface area contributed by atoms with Crippen LogP contribution in [0.4, 0.5) is 17.1 Å². The van der Waals surface area contributed by atoms with Crippen molar-refractivity contribution in [2.45, 2.75) is 51.9 Å². The van der Waals surface area contributed by atoms with Gasteiger partial charge in [0.15, 0.2) is 0 Å². The zero-order chi connectivity index (χ0) is 38.2. The zero-order valence-electron chi connectivity index (χ0n) is 33.0. The number of allylic oxidation sites excluding steroid dienone is 4. The first-order valence-corrected chi connectivity index (χ1v) is 20.1. The molecule has 0 aliphatic heterocycles. The van der Waals surface area contributed by atoms with Crippen molar-refractivity contribution in [3.05, 3.63) is 210 Å². The van der Waals surface area contributed by atoms with E-state index in [-0.39, 0.29) is 16.2 Å². The van der Waals surface area contributed by atoms with Gasteiger partial charge in [-0.2, -0.15) is 0 Å². The molecule has 0 saturated carbocycles. The summed E-state index contributed by atoms with van der Waals surface area (Å²) >= 11 is 0. The van der Waals surface area contributed by atoms with Crippen molar-refractivity contribution in [1.82, 2.24) is 0 Å². The minimum absolute atomic E-state index is 0.0282. The molecule has 1 nitrogen and oxygen atoms in total. The molecule has 0 N–H and O–H groups in total. The highest BCUT2D eigenvalue weighted by molar-refractivity contribution is 5.91. The third-order valence-electron chi connectivity index (χ3n) is 13.6. The molecule has 0 fully saturated rings. The van der Waals surface area contributed by atoms with Gasteiger partial charge in [-0.05, 0) is 110 Å². The molecule has 0 heterocycles. The van der Waals surface area contributed by atoms with Gasteiger partial charge in [0.25, 0.3) is 0 Å². The molecule has 56 heavy (non-hydrogen) atoms. The molecule has 0 aromatic heterocycles. The molecule has 0 saturated heterocycles. The number of fused-ring (bicyclic) bond motifs is 6. The lowest BCUT2D eigenvalue weighted by Gasteiger charge is -2.42. The maximum Gasteiger partial charge on any atom is 0.0540 e. The maximum atomic E-state index is 2.47. The van der Waals surface area contributed by atoms with Crippen LogP contribution in [0.25, 0.3) is 44.5 Å². The summed E-state index contributed by atoms with van der Waals surface area (Å²) in [7, 11) is 0. The summed E-state index contributed by atoms with van der Waals surface area (Å²) in [6, 6.07) is 62.9. The number of nitrogens with zero attached hydrogens (tertiary/aromatic N) is 1. The highest BCUT2D eigenvalue weighted by Gasteiger charge is 2.52. The van der Waals surface area contributed by atoms with Crippen LogP contribution in [0.3, 0.4) is 0 Å². The van der Waals surface area contributed by atoms with Gasteiger partial charge in [0.1, 0.15) is 0 Å². The van der Waals surface area contributed by atoms with Crippen LogP contribution in [-0.2, 0) is 10.8 Å². The molecule has 1 heteroatoms. The van der Waals surface area contributed by atoms with E-state index < -0.39 is 0 Å². The molecule has 0 spiro atoms. The lowest BCUT2D eigenvalue weighted by molar-refractivity contribution is 0.275. The van der Waals surface area contributed by atoms with Gasteiger partial charge in [-0.25, -0.2) is 0 Å². The van der Waals surface area contributed by atoms with Crippen LogP contribution in [0, 0.1) is 5.41 Å². The number of anilines is 3. The van der Waals surface area contributed by atoms with Gasteiger partial charge < -0.3 is 4.90 Å². The number of rotatable bonds is 6. The summed E-state index contributed by atoms with van der Waals surface area (Å²) in [6.45, 7) is 12.0. The van der Waals surface area contributed by atoms with E-state index in [1.165, 1.54) is 72.3 Å². The van der Waals surface area contributed by atoms with Gasteiger partial charge >= 0.3 is 0 Å². The molecule has 272 valence electrons. The fourth-order valence-corrected chi connectivity index (χ4v) is 10.1. The number of benzene rings is 7. The molecular formula is C55H47N. The van der Waals surface area contributed by atoms with Crippen molar-refractivity contribution < 1.29 is 0 Å². The van der Waals surface area contributed by atoms with Crippen molar-refractivity contribution in [1.29, 1.82) is 0 Å². The largest absolute Gasteiger partial charge is 0.310 e. The quantitative estimate of drug-likeness (QED) is 0.165. The van der Waals surface area contributed by atoms with E-state index in [4.69, 9.17) is 0 Å². The van der Waals surface area contributed by atoms with Crippen molar-refractivity contribution in [2.24, 2.45) is 5.41 Å². The SMILES string of the molecule is CC1(C)c2ccccc2-c2ccc(-c3ccc(N(c4ccc(C5=CC=C6c7ccccc7C(C)(C)C6(C)C5)cc4)c4ccccc4-c4ccccc4)cc3)cc21. The molecule has 3 aliphatic rings. The highest BCUT2D eigenvalue weighted by atomic mass is 15.1. The monoisotopic (exact) mass is 721 g/mol. The molecule has 1 unspecified atom stereocenters. The summed E-state index contributed by atoms with van der Waals surface area (Å²) in [5, 5.41) is 0. The molecule has 10 rings (SSSR count). The smallest absolute Gasteiger partial charge is 0.0540 e. The number of hydrogen-bond donors (Lipinski definition) is 0. The standard InChI is InChI=1S/C55H47N/c1-53(2)48-20-12-9-18-45(48)46-33-27-40(35-51(46)53)37-23-29-42(30-24-37)56(52-22-14-11-17-44(52)39-15-7-6-8-16-39)43-31-25-38(26-32-43)41-28-34-50-47-19-10-13-21-49(47)54(3,4)55(50,5)36-41/h6-35H,36H2,1-5H3. The topological polar surface area (TPSA) is 3.24 Å². The van der Waals surface area contributed by atoms with Gasteiger partial charge in [0, 0.05) is 33.2 Å². The summed E-state index contributed by atoms with van der Waals surface area (Å²) in [5.74, 6) is 0. The van der Waals surface area contributed by atoms with Crippen LogP contribution in [-0.4, -0.2) is 0 Å². The second-order valence-corrected chi connectivity index (χ2v) is 17.2. The predicted molar refractivity (Wildman–Crippen MR) is 238 cm³/mol. The molecule has 7 aromatic rings. The van der Waals surface area contributed by atoms with E-state index in [9.17, 15) is 0 Å². The summed E-state index contributed by atoms with van der Waals surface area (Å²) < 4.78 is 0. The summed E-state index contributed by atoms with van der Waals surface area (Å²) in [4.78, 5) is 2.42. The van der Waals surface area contributed by atoms with Crippen LogP contribution in [0.5, 0.6) is 0 Å². The van der Waals surface area contributed by atoms with Crippen LogP contribution in [0.15, 0.2) is 182 Å². The Morgan fingerprint density at radius 2 is 0.964 bits per heavy atom. The first-order chi connectivity index (χ1) is 27.1. The van der Waals surface area contributed by atoms with Gasteiger partial charge in [-0.15, -0.1) is 0 Å². The van der Waals surface area contributed by atoms with E-state index in [1.807, 2.05) is 0 Å². The van der Waals surface area contributed by atoms with Gasteiger partial charge in [0.2, 0.25) is 0 Å². The minimum atomic E-state index is -0.0335. The Kier molecular flexibility index (Phi) is 7.77. The molecule has 3 aliphatic carbocycles. The second kappa shape index (κ2) is 12.7. The Balaban J connectivity index is 1.03. The van der Waals surface area contributed by atoms with E-state index in [2.05, 4.69) is 222 Å². The third kappa shape index (κ3) is 5.14.